The molecule has 3 heteroatoms. The van der Waals surface area contributed by atoms with Crippen LogP contribution in [-0.2, 0) is 6.54 Å². The second-order valence-electron chi connectivity index (χ2n) is 5.24. The van der Waals surface area contributed by atoms with Gasteiger partial charge in [-0.1, -0.05) is 19.1 Å². The van der Waals surface area contributed by atoms with Crippen LogP contribution in [0.2, 0.25) is 0 Å². The largest absolute Gasteiger partial charge is 0.493 e. The molecule has 18 heavy (non-hydrogen) atoms. The van der Waals surface area contributed by atoms with Gasteiger partial charge in [-0.15, -0.1) is 0 Å². The Hall–Kier alpha value is -1.06. The van der Waals surface area contributed by atoms with Crippen molar-refractivity contribution in [1.29, 1.82) is 0 Å². The molecule has 0 aliphatic rings. The average Bonchev–Trinajstić information content (AvgIpc) is 2.28. The molecule has 1 rings (SSSR count). The lowest BCUT2D eigenvalue weighted by molar-refractivity contribution is 0.0553. The van der Waals surface area contributed by atoms with Crippen LogP contribution in [0.25, 0.3) is 0 Å². The second-order valence-corrected chi connectivity index (χ2v) is 5.24. The molecule has 0 atom stereocenters. The topological polar surface area (TPSA) is 41.5 Å². The number of nitrogens with one attached hydrogen (secondary N) is 1. The number of ether oxygens (including phenoxy) is 1. The summed E-state index contributed by atoms with van der Waals surface area (Å²) in [5.74, 6) is 0.870. The molecule has 0 fully saturated rings. The SMILES string of the molecule is CCCNCc1cccc(OCCC(C)(C)O)c1. The monoisotopic (exact) mass is 251 g/mol. The molecule has 0 aromatic heterocycles. The maximum absolute atomic E-state index is 9.60. The fourth-order valence-electron chi connectivity index (χ4n) is 1.57. The van der Waals surface area contributed by atoms with Crippen molar-refractivity contribution in [3.63, 3.8) is 0 Å². The van der Waals surface area contributed by atoms with Gasteiger partial charge in [0.1, 0.15) is 5.75 Å². The number of benzene rings is 1. The highest BCUT2D eigenvalue weighted by Crippen LogP contribution is 2.15. The molecule has 2 N–H and O–H groups in total. The Balaban J connectivity index is 2.39. The van der Waals surface area contributed by atoms with Crippen molar-refractivity contribution in [2.75, 3.05) is 13.2 Å². The smallest absolute Gasteiger partial charge is 0.119 e. The summed E-state index contributed by atoms with van der Waals surface area (Å²) < 4.78 is 5.64. The van der Waals surface area contributed by atoms with Gasteiger partial charge in [0.05, 0.1) is 12.2 Å². The molecule has 0 saturated heterocycles. The number of aliphatic hydroxyl groups is 1. The van der Waals surface area contributed by atoms with Crippen molar-refractivity contribution in [1.82, 2.24) is 5.32 Å². The molecule has 0 bridgehead atoms. The van der Waals surface area contributed by atoms with Crippen LogP contribution in [0.15, 0.2) is 24.3 Å². The molecule has 0 heterocycles. The zero-order valence-corrected chi connectivity index (χ0v) is 11.7. The first-order chi connectivity index (χ1) is 8.51. The third-order valence-corrected chi connectivity index (χ3v) is 2.64. The van der Waals surface area contributed by atoms with E-state index in [2.05, 4.69) is 18.3 Å². The number of hydrogen-bond acceptors (Lipinski definition) is 3. The van der Waals surface area contributed by atoms with Crippen molar-refractivity contribution in [2.24, 2.45) is 0 Å². The van der Waals surface area contributed by atoms with Gasteiger partial charge in [0.15, 0.2) is 0 Å². The molecule has 102 valence electrons. The molecule has 1 aromatic rings. The predicted octanol–water partition coefficient (Wildman–Crippen LogP) is 2.73. The van der Waals surface area contributed by atoms with Crippen LogP contribution in [0.5, 0.6) is 5.75 Å². The van der Waals surface area contributed by atoms with Crippen molar-refractivity contribution in [3.8, 4) is 5.75 Å². The first-order valence-corrected chi connectivity index (χ1v) is 6.66. The van der Waals surface area contributed by atoms with Crippen molar-refractivity contribution in [2.45, 2.75) is 45.8 Å². The Bertz CT molecular complexity index is 345. The molecule has 0 aliphatic heterocycles. The van der Waals surface area contributed by atoms with Crippen LogP contribution in [0, 0.1) is 0 Å². The van der Waals surface area contributed by atoms with E-state index >= 15 is 0 Å². The summed E-state index contributed by atoms with van der Waals surface area (Å²) in [6.45, 7) is 8.18. The Morgan fingerprint density at radius 3 is 2.78 bits per heavy atom. The van der Waals surface area contributed by atoms with Gasteiger partial charge in [-0.05, 0) is 44.5 Å². The Kier molecular flexibility index (Phi) is 6.16. The minimum Gasteiger partial charge on any atom is -0.493 e. The van der Waals surface area contributed by atoms with E-state index in [1.54, 1.807) is 13.8 Å². The molecule has 1 aromatic carbocycles. The Labute approximate surface area is 110 Å². The van der Waals surface area contributed by atoms with Gasteiger partial charge in [-0.25, -0.2) is 0 Å². The van der Waals surface area contributed by atoms with E-state index in [9.17, 15) is 5.11 Å². The first kappa shape index (κ1) is 15.0. The van der Waals surface area contributed by atoms with E-state index in [0.29, 0.717) is 13.0 Å². The molecule has 0 aliphatic carbocycles. The summed E-state index contributed by atoms with van der Waals surface area (Å²) in [6, 6.07) is 8.09. The van der Waals surface area contributed by atoms with Gasteiger partial charge in [0, 0.05) is 13.0 Å². The normalized spacial score (nSPS) is 11.6. The molecular weight excluding hydrogens is 226 g/mol. The fourth-order valence-corrected chi connectivity index (χ4v) is 1.57. The maximum Gasteiger partial charge on any atom is 0.119 e. The average molecular weight is 251 g/mol. The second kappa shape index (κ2) is 7.39. The van der Waals surface area contributed by atoms with Crippen LogP contribution in [0.4, 0.5) is 0 Å². The zero-order valence-electron chi connectivity index (χ0n) is 11.7. The summed E-state index contributed by atoms with van der Waals surface area (Å²) >= 11 is 0. The summed E-state index contributed by atoms with van der Waals surface area (Å²) in [5, 5.41) is 13.0. The molecule has 0 spiro atoms. The minimum absolute atomic E-state index is 0.537. The van der Waals surface area contributed by atoms with Gasteiger partial charge in [-0.2, -0.15) is 0 Å². The van der Waals surface area contributed by atoms with Gasteiger partial charge >= 0.3 is 0 Å². The quantitative estimate of drug-likeness (QED) is 0.698. The van der Waals surface area contributed by atoms with E-state index in [0.717, 1.165) is 25.3 Å². The molecule has 0 saturated carbocycles. The lowest BCUT2D eigenvalue weighted by Crippen LogP contribution is -2.21. The van der Waals surface area contributed by atoms with Crippen molar-refractivity contribution in [3.05, 3.63) is 29.8 Å². The third kappa shape index (κ3) is 6.62. The van der Waals surface area contributed by atoms with Crippen LogP contribution >= 0.6 is 0 Å². The van der Waals surface area contributed by atoms with Crippen LogP contribution in [0.3, 0.4) is 0 Å². The van der Waals surface area contributed by atoms with Gasteiger partial charge < -0.3 is 15.2 Å². The van der Waals surface area contributed by atoms with Crippen LogP contribution in [0.1, 0.15) is 39.2 Å². The third-order valence-electron chi connectivity index (χ3n) is 2.64. The standard InChI is InChI=1S/C15H25NO2/c1-4-9-16-12-13-6-5-7-14(11-13)18-10-8-15(2,3)17/h5-7,11,16-17H,4,8-10,12H2,1-3H3. The molecule has 0 radical (unpaired) electrons. The summed E-state index contributed by atoms with van der Waals surface area (Å²) in [6.07, 6.45) is 1.77. The van der Waals surface area contributed by atoms with Gasteiger partial charge in [0.25, 0.3) is 0 Å². The fraction of sp³-hybridized carbons (Fsp3) is 0.600. The van der Waals surface area contributed by atoms with Crippen LogP contribution in [-0.4, -0.2) is 23.9 Å². The summed E-state index contributed by atoms with van der Waals surface area (Å²) in [5.41, 5.74) is 0.560. The Morgan fingerprint density at radius 1 is 1.33 bits per heavy atom. The molecule has 3 nitrogen and oxygen atoms in total. The van der Waals surface area contributed by atoms with Gasteiger partial charge in [-0.3, -0.25) is 0 Å². The number of rotatable bonds is 8. The predicted molar refractivity (Wildman–Crippen MR) is 74.8 cm³/mol. The van der Waals surface area contributed by atoms with E-state index in [-0.39, 0.29) is 0 Å². The van der Waals surface area contributed by atoms with Crippen LogP contribution < -0.4 is 10.1 Å². The van der Waals surface area contributed by atoms with E-state index in [4.69, 9.17) is 4.74 Å². The highest BCUT2D eigenvalue weighted by molar-refractivity contribution is 5.28. The summed E-state index contributed by atoms with van der Waals surface area (Å²) in [7, 11) is 0. The molecular formula is C15H25NO2. The Morgan fingerprint density at radius 2 is 2.11 bits per heavy atom. The maximum atomic E-state index is 9.60. The highest BCUT2D eigenvalue weighted by Gasteiger charge is 2.11. The lowest BCUT2D eigenvalue weighted by Gasteiger charge is -2.17. The first-order valence-electron chi connectivity index (χ1n) is 6.66. The molecule has 0 unspecified atom stereocenters. The van der Waals surface area contributed by atoms with E-state index in [1.165, 1.54) is 5.56 Å². The van der Waals surface area contributed by atoms with Crippen molar-refractivity contribution >= 4 is 0 Å². The zero-order chi connectivity index (χ0) is 13.4. The van der Waals surface area contributed by atoms with Crippen molar-refractivity contribution < 1.29 is 9.84 Å². The summed E-state index contributed by atoms with van der Waals surface area (Å²) in [4.78, 5) is 0. The number of hydrogen-bond donors (Lipinski definition) is 2. The highest BCUT2D eigenvalue weighted by atomic mass is 16.5. The van der Waals surface area contributed by atoms with E-state index < -0.39 is 5.60 Å². The lowest BCUT2D eigenvalue weighted by atomic mass is 10.1. The van der Waals surface area contributed by atoms with E-state index in [1.807, 2.05) is 18.2 Å². The minimum atomic E-state index is -0.666. The van der Waals surface area contributed by atoms with Gasteiger partial charge in [0.2, 0.25) is 0 Å². The molecule has 0 amide bonds.